The predicted molar refractivity (Wildman–Crippen MR) is 72.8 cm³/mol. The number of nitrogens with zero attached hydrogens (tertiary/aromatic N) is 2. The standard InChI is InChI=1S/C14H15ClN2O3/c15-13(18)12-7-6-11-8-16(12)14(19)17(11)20-9-10-4-2-1-3-5-10/h1-5,11-12H,6-9H2/t11-,12+/m1/s1. The summed E-state index contributed by atoms with van der Waals surface area (Å²) in [5.74, 6) is 0. The van der Waals surface area contributed by atoms with E-state index in [0.29, 0.717) is 19.6 Å². The van der Waals surface area contributed by atoms with E-state index >= 15 is 0 Å². The van der Waals surface area contributed by atoms with Crippen LogP contribution in [0.25, 0.3) is 0 Å². The number of rotatable bonds is 4. The number of hydrogen-bond acceptors (Lipinski definition) is 3. The molecule has 2 saturated heterocycles. The Balaban J connectivity index is 1.67. The fourth-order valence-corrected chi connectivity index (χ4v) is 2.98. The zero-order chi connectivity index (χ0) is 14.1. The van der Waals surface area contributed by atoms with Crippen molar-refractivity contribution in [3.8, 4) is 0 Å². The number of carbonyl (C=O) groups is 2. The molecular formula is C14H15ClN2O3. The van der Waals surface area contributed by atoms with Crippen molar-refractivity contribution in [1.29, 1.82) is 0 Å². The molecule has 2 aliphatic heterocycles. The number of hydrogen-bond donors (Lipinski definition) is 0. The predicted octanol–water partition coefficient (Wildman–Crippen LogP) is 2.15. The minimum absolute atomic E-state index is 0.0125. The summed E-state index contributed by atoms with van der Waals surface area (Å²) in [4.78, 5) is 30.7. The van der Waals surface area contributed by atoms with E-state index in [1.807, 2.05) is 30.3 Å². The molecular weight excluding hydrogens is 280 g/mol. The molecule has 0 aliphatic carbocycles. The summed E-state index contributed by atoms with van der Waals surface area (Å²) in [5.41, 5.74) is 1.00. The maximum absolute atomic E-state index is 12.2. The average molecular weight is 295 g/mol. The number of halogens is 1. The Morgan fingerprint density at radius 3 is 2.75 bits per heavy atom. The second-order valence-corrected chi connectivity index (χ2v) is 5.44. The van der Waals surface area contributed by atoms with Gasteiger partial charge < -0.3 is 4.90 Å². The van der Waals surface area contributed by atoms with E-state index in [9.17, 15) is 9.59 Å². The van der Waals surface area contributed by atoms with Crippen LogP contribution in [0.4, 0.5) is 4.79 Å². The van der Waals surface area contributed by atoms with E-state index in [0.717, 1.165) is 12.0 Å². The van der Waals surface area contributed by atoms with Gasteiger partial charge in [-0.15, -0.1) is 0 Å². The first-order chi connectivity index (χ1) is 9.66. The lowest BCUT2D eigenvalue weighted by atomic mass is 10.0. The van der Waals surface area contributed by atoms with Gasteiger partial charge in [0, 0.05) is 6.54 Å². The molecule has 2 fully saturated rings. The lowest BCUT2D eigenvalue weighted by Crippen LogP contribution is -2.43. The smallest absolute Gasteiger partial charge is 0.309 e. The van der Waals surface area contributed by atoms with Crippen molar-refractivity contribution in [3.63, 3.8) is 0 Å². The zero-order valence-electron chi connectivity index (χ0n) is 10.9. The molecule has 0 unspecified atom stereocenters. The number of fused-ring (bicyclic) bond motifs is 2. The van der Waals surface area contributed by atoms with Crippen LogP contribution in [0.1, 0.15) is 18.4 Å². The van der Waals surface area contributed by atoms with Crippen molar-refractivity contribution < 1.29 is 14.4 Å². The molecule has 0 spiro atoms. The van der Waals surface area contributed by atoms with Gasteiger partial charge in [-0.05, 0) is 30.0 Å². The maximum Gasteiger partial charge on any atom is 0.345 e. The Morgan fingerprint density at radius 2 is 2.05 bits per heavy atom. The Kier molecular flexibility index (Phi) is 3.63. The van der Waals surface area contributed by atoms with Crippen LogP contribution in [0.5, 0.6) is 0 Å². The molecule has 0 radical (unpaired) electrons. The van der Waals surface area contributed by atoms with Crippen molar-refractivity contribution in [2.45, 2.75) is 31.5 Å². The summed E-state index contributed by atoms with van der Waals surface area (Å²) in [6.07, 6.45) is 1.34. The summed E-state index contributed by atoms with van der Waals surface area (Å²) in [7, 11) is 0. The van der Waals surface area contributed by atoms with Gasteiger partial charge in [-0.25, -0.2) is 4.79 Å². The molecule has 20 heavy (non-hydrogen) atoms. The van der Waals surface area contributed by atoms with Crippen LogP contribution in [0.3, 0.4) is 0 Å². The first-order valence-electron chi connectivity index (χ1n) is 6.63. The lowest BCUT2D eigenvalue weighted by molar-refractivity contribution is -0.140. The monoisotopic (exact) mass is 294 g/mol. The van der Waals surface area contributed by atoms with Crippen molar-refractivity contribution in [2.75, 3.05) is 6.54 Å². The Morgan fingerprint density at radius 1 is 1.30 bits per heavy atom. The van der Waals surface area contributed by atoms with Crippen molar-refractivity contribution >= 4 is 22.9 Å². The molecule has 0 saturated carbocycles. The number of amides is 2. The summed E-state index contributed by atoms with van der Waals surface area (Å²) >= 11 is 5.54. The molecule has 2 heterocycles. The van der Waals surface area contributed by atoms with Crippen molar-refractivity contribution in [1.82, 2.24) is 9.96 Å². The normalized spacial score (nSPS) is 25.1. The van der Waals surface area contributed by atoms with E-state index in [2.05, 4.69) is 0 Å². The SMILES string of the molecule is O=C(Cl)[C@@H]1CC[C@@H]2CN1C(=O)N2OCc1ccccc1. The molecule has 5 nitrogen and oxygen atoms in total. The summed E-state index contributed by atoms with van der Waals surface area (Å²) in [6, 6.07) is 8.91. The highest BCUT2D eigenvalue weighted by Crippen LogP contribution is 2.31. The molecule has 2 aliphatic rings. The van der Waals surface area contributed by atoms with Crippen LogP contribution in [0.2, 0.25) is 0 Å². The van der Waals surface area contributed by atoms with Crippen LogP contribution in [-0.2, 0) is 16.2 Å². The average Bonchev–Trinajstić information content (AvgIpc) is 2.70. The third-order valence-corrected chi connectivity index (χ3v) is 4.05. The molecule has 0 N–H and O–H groups in total. The fraction of sp³-hybridized carbons (Fsp3) is 0.429. The van der Waals surface area contributed by atoms with E-state index in [-0.39, 0.29) is 12.1 Å². The first-order valence-corrected chi connectivity index (χ1v) is 7.00. The Hall–Kier alpha value is -1.59. The van der Waals surface area contributed by atoms with Crippen LogP contribution < -0.4 is 0 Å². The highest BCUT2D eigenvalue weighted by atomic mass is 35.5. The molecule has 2 bridgehead atoms. The number of hydroxylamine groups is 2. The van der Waals surface area contributed by atoms with Crippen molar-refractivity contribution in [2.24, 2.45) is 0 Å². The molecule has 3 rings (SSSR count). The topological polar surface area (TPSA) is 49.9 Å². The van der Waals surface area contributed by atoms with Crippen LogP contribution in [0.15, 0.2) is 30.3 Å². The largest absolute Gasteiger partial charge is 0.345 e. The van der Waals surface area contributed by atoms with Gasteiger partial charge in [-0.1, -0.05) is 30.3 Å². The number of urea groups is 1. The molecule has 0 aromatic heterocycles. The summed E-state index contributed by atoms with van der Waals surface area (Å²) in [5, 5.41) is 0.925. The molecule has 2 amide bonds. The van der Waals surface area contributed by atoms with Gasteiger partial charge in [0.05, 0.1) is 6.04 Å². The summed E-state index contributed by atoms with van der Waals surface area (Å²) in [6.45, 7) is 0.854. The molecule has 1 aromatic rings. The van der Waals surface area contributed by atoms with Gasteiger partial charge in [0.2, 0.25) is 5.24 Å². The zero-order valence-corrected chi connectivity index (χ0v) is 11.6. The number of benzene rings is 1. The Bertz CT molecular complexity index is 522. The van der Waals surface area contributed by atoms with Gasteiger partial charge in [-0.2, -0.15) is 5.06 Å². The molecule has 2 atom stereocenters. The van der Waals surface area contributed by atoms with E-state index < -0.39 is 11.3 Å². The highest BCUT2D eigenvalue weighted by molar-refractivity contribution is 6.64. The minimum Gasteiger partial charge on any atom is -0.309 e. The van der Waals surface area contributed by atoms with Crippen LogP contribution in [-0.4, -0.2) is 39.9 Å². The number of piperidine rings is 1. The first kappa shape index (κ1) is 13.4. The van der Waals surface area contributed by atoms with E-state index in [4.69, 9.17) is 16.4 Å². The van der Waals surface area contributed by atoms with Gasteiger partial charge in [-0.3, -0.25) is 9.63 Å². The minimum atomic E-state index is -0.509. The molecule has 6 heteroatoms. The number of carbonyl (C=O) groups excluding carboxylic acids is 2. The van der Waals surface area contributed by atoms with Gasteiger partial charge in [0.1, 0.15) is 12.6 Å². The van der Waals surface area contributed by atoms with Gasteiger partial charge >= 0.3 is 6.03 Å². The third-order valence-electron chi connectivity index (χ3n) is 3.80. The maximum atomic E-state index is 12.2. The fourth-order valence-electron chi connectivity index (χ4n) is 2.75. The second kappa shape index (κ2) is 5.42. The molecule has 1 aromatic carbocycles. The molecule has 106 valence electrons. The Labute approximate surface area is 122 Å². The quantitative estimate of drug-likeness (QED) is 0.800. The van der Waals surface area contributed by atoms with Gasteiger partial charge in [0.15, 0.2) is 0 Å². The van der Waals surface area contributed by atoms with E-state index in [1.54, 1.807) is 0 Å². The van der Waals surface area contributed by atoms with Gasteiger partial charge in [0.25, 0.3) is 0 Å². The highest BCUT2D eigenvalue weighted by Gasteiger charge is 2.47. The van der Waals surface area contributed by atoms with Crippen LogP contribution in [0, 0.1) is 0 Å². The second-order valence-electron chi connectivity index (χ2n) is 5.07. The van der Waals surface area contributed by atoms with Crippen LogP contribution >= 0.6 is 11.6 Å². The van der Waals surface area contributed by atoms with Crippen molar-refractivity contribution in [3.05, 3.63) is 35.9 Å². The third kappa shape index (κ3) is 2.39. The van der Waals surface area contributed by atoms with E-state index in [1.165, 1.54) is 9.96 Å². The lowest BCUT2D eigenvalue weighted by Gasteiger charge is -2.27. The summed E-state index contributed by atoms with van der Waals surface area (Å²) < 4.78 is 0.